The Morgan fingerprint density at radius 3 is 2.46 bits per heavy atom. The number of nitrogens with zero attached hydrogens (tertiary/aromatic N) is 1. The van der Waals surface area contributed by atoms with E-state index in [1.807, 2.05) is 31.2 Å². The summed E-state index contributed by atoms with van der Waals surface area (Å²) in [6.45, 7) is 1.83. The normalized spacial score (nSPS) is 11.6. The first-order chi connectivity index (χ1) is 16.0. The SMILES string of the molecule is CNC(=O)C(CCC=O)c1cc2ccc(CO)cc2nc1C.[NH-]c1ccc(C(F)(F)F)c(Cl)c1.[Y]. The van der Waals surface area contributed by atoms with E-state index in [2.05, 4.69) is 10.3 Å². The zero-order valence-corrected chi connectivity index (χ0v) is 22.7. The van der Waals surface area contributed by atoms with Crippen LogP contribution in [0.3, 0.4) is 0 Å². The van der Waals surface area contributed by atoms with E-state index in [1.165, 1.54) is 0 Å². The average Bonchev–Trinajstić information content (AvgIpc) is 2.78. The summed E-state index contributed by atoms with van der Waals surface area (Å²) in [5, 5.41) is 12.3. The van der Waals surface area contributed by atoms with E-state index in [9.17, 15) is 27.9 Å². The van der Waals surface area contributed by atoms with Gasteiger partial charge in [0.05, 0.1) is 28.6 Å². The molecule has 0 aliphatic heterocycles. The minimum atomic E-state index is -4.44. The molecule has 3 aromatic rings. The van der Waals surface area contributed by atoms with Crippen LogP contribution in [0.5, 0.6) is 0 Å². The Hall–Kier alpha value is -2.07. The molecule has 11 heteroatoms. The zero-order chi connectivity index (χ0) is 25.5. The van der Waals surface area contributed by atoms with Gasteiger partial charge < -0.3 is 21.0 Å². The predicted octanol–water partition coefficient (Wildman–Crippen LogP) is 5.88. The number of carbonyl (C=O) groups is 2. The van der Waals surface area contributed by atoms with E-state index < -0.39 is 16.8 Å². The summed E-state index contributed by atoms with van der Waals surface area (Å²) in [7, 11) is 1.59. The molecule has 6 nitrogen and oxygen atoms in total. The second kappa shape index (κ2) is 13.9. The van der Waals surface area contributed by atoms with E-state index in [4.69, 9.17) is 17.3 Å². The molecule has 3 N–H and O–H groups in total. The van der Waals surface area contributed by atoms with Crippen LogP contribution in [0, 0.1) is 6.92 Å². The molecular formula is C24H24ClF3N3O3Y-. The van der Waals surface area contributed by atoms with Gasteiger partial charge in [-0.3, -0.25) is 9.78 Å². The monoisotopic (exact) mass is 583 g/mol. The van der Waals surface area contributed by atoms with E-state index in [0.29, 0.717) is 12.8 Å². The Bertz CT molecular complexity index is 1180. The molecule has 0 saturated carbocycles. The van der Waals surface area contributed by atoms with Crippen LogP contribution in [-0.4, -0.2) is 29.3 Å². The Labute approximate surface area is 231 Å². The van der Waals surface area contributed by atoms with Crippen molar-refractivity contribution < 1.29 is 60.6 Å². The first-order valence-corrected chi connectivity index (χ1v) is 10.6. The van der Waals surface area contributed by atoms with Crippen LogP contribution in [-0.2, 0) is 55.1 Å². The molecule has 0 spiro atoms. The summed E-state index contributed by atoms with van der Waals surface area (Å²) < 4.78 is 36.1. The maximum absolute atomic E-state index is 12.1. The summed E-state index contributed by atoms with van der Waals surface area (Å²) in [5.41, 5.74) is 9.24. The smallest absolute Gasteiger partial charge is 0.417 e. The van der Waals surface area contributed by atoms with E-state index >= 15 is 0 Å². The van der Waals surface area contributed by atoms with Crippen LogP contribution in [0.2, 0.25) is 5.02 Å². The van der Waals surface area contributed by atoms with Crippen molar-refractivity contribution in [2.24, 2.45) is 0 Å². The summed E-state index contributed by atoms with van der Waals surface area (Å²) in [5.74, 6) is -0.498. The molecule has 1 aromatic heterocycles. The molecular weight excluding hydrogens is 560 g/mol. The van der Waals surface area contributed by atoms with Gasteiger partial charge in [0.1, 0.15) is 6.29 Å². The number of aryl methyl sites for hydroxylation is 1. The van der Waals surface area contributed by atoms with Crippen molar-refractivity contribution in [3.05, 3.63) is 75.6 Å². The van der Waals surface area contributed by atoms with Crippen molar-refractivity contribution in [3.8, 4) is 0 Å². The van der Waals surface area contributed by atoms with Gasteiger partial charge in [0.15, 0.2) is 0 Å². The molecule has 1 unspecified atom stereocenters. The molecule has 2 aromatic carbocycles. The number of halogens is 4. The van der Waals surface area contributed by atoms with Gasteiger partial charge in [-0.25, -0.2) is 0 Å². The maximum Gasteiger partial charge on any atom is 0.417 e. The number of hydrogen-bond donors (Lipinski definition) is 2. The van der Waals surface area contributed by atoms with Gasteiger partial charge in [-0.1, -0.05) is 35.9 Å². The fourth-order valence-electron chi connectivity index (χ4n) is 3.36. The number of hydrogen-bond acceptors (Lipinski definition) is 4. The number of aliphatic hydroxyl groups excluding tert-OH is 1. The van der Waals surface area contributed by atoms with Crippen molar-refractivity contribution in [2.45, 2.75) is 38.5 Å². The van der Waals surface area contributed by atoms with Gasteiger partial charge in [0.25, 0.3) is 0 Å². The van der Waals surface area contributed by atoms with Gasteiger partial charge in [0.2, 0.25) is 5.91 Å². The number of pyridine rings is 1. The van der Waals surface area contributed by atoms with Gasteiger partial charge in [0, 0.05) is 57.3 Å². The number of rotatable bonds is 6. The summed E-state index contributed by atoms with van der Waals surface area (Å²) in [6.07, 6.45) is -2.82. The molecule has 35 heavy (non-hydrogen) atoms. The number of aliphatic hydroxyl groups is 1. The number of aromatic nitrogens is 1. The number of likely N-dealkylation sites (N-methyl/N-ethyl adjacent to an activating group) is 1. The Morgan fingerprint density at radius 2 is 1.91 bits per heavy atom. The summed E-state index contributed by atoms with van der Waals surface area (Å²) >= 11 is 5.27. The summed E-state index contributed by atoms with van der Waals surface area (Å²) in [6, 6.07) is 10.3. The van der Waals surface area contributed by atoms with Crippen LogP contribution < -0.4 is 5.32 Å². The third kappa shape index (κ3) is 8.53. The number of benzene rings is 2. The predicted molar refractivity (Wildman–Crippen MR) is 125 cm³/mol. The second-order valence-electron chi connectivity index (χ2n) is 7.45. The van der Waals surface area contributed by atoms with Crippen LogP contribution in [0.25, 0.3) is 16.6 Å². The molecule has 0 aliphatic carbocycles. The number of carbonyl (C=O) groups excluding carboxylic acids is 2. The quantitative estimate of drug-likeness (QED) is 0.354. The van der Waals surface area contributed by atoms with Gasteiger partial charge in [-0.2, -0.15) is 13.2 Å². The van der Waals surface area contributed by atoms with Crippen molar-refractivity contribution in [1.82, 2.24) is 10.3 Å². The van der Waals surface area contributed by atoms with Gasteiger partial charge in [-0.05, 0) is 42.7 Å². The molecule has 3 rings (SSSR count). The molecule has 0 fully saturated rings. The van der Waals surface area contributed by atoms with Crippen molar-refractivity contribution in [3.63, 3.8) is 0 Å². The zero-order valence-electron chi connectivity index (χ0n) is 19.1. The van der Waals surface area contributed by atoms with Crippen LogP contribution in [0.15, 0.2) is 42.5 Å². The van der Waals surface area contributed by atoms with Gasteiger partial charge >= 0.3 is 6.18 Å². The van der Waals surface area contributed by atoms with Crippen molar-refractivity contribution in [1.29, 1.82) is 0 Å². The average molecular weight is 584 g/mol. The molecule has 185 valence electrons. The summed E-state index contributed by atoms with van der Waals surface area (Å²) in [4.78, 5) is 27.3. The standard InChI is InChI=1S/C17H20N2O3.C7H4ClF3N.Y/c1-11-15(14(4-3-7-20)17(22)18-2)9-13-6-5-12(10-21)8-16(13)19-11;8-6-3-4(12)1-2-5(6)7(9,10)11;/h5-9,14,21H,3-4,10H2,1-2H3,(H,18,22);1-3,12H;/q;-1;. The van der Waals surface area contributed by atoms with Crippen LogP contribution in [0.1, 0.15) is 41.1 Å². The fourth-order valence-corrected chi connectivity index (χ4v) is 3.65. The Morgan fingerprint density at radius 1 is 1.23 bits per heavy atom. The fraction of sp³-hybridized carbons (Fsp3) is 0.292. The van der Waals surface area contributed by atoms with E-state index in [-0.39, 0.29) is 56.8 Å². The van der Waals surface area contributed by atoms with Crippen molar-refractivity contribution >= 4 is 40.4 Å². The first kappa shape index (κ1) is 31.0. The van der Waals surface area contributed by atoms with E-state index in [0.717, 1.165) is 52.2 Å². The molecule has 1 atom stereocenters. The van der Waals surface area contributed by atoms with E-state index in [1.54, 1.807) is 7.05 Å². The largest absolute Gasteiger partial charge is 0.699 e. The number of nitrogens with one attached hydrogen (secondary N) is 2. The number of alkyl halides is 3. The van der Waals surface area contributed by atoms with Crippen LogP contribution >= 0.6 is 11.6 Å². The molecule has 1 heterocycles. The maximum atomic E-state index is 12.1. The topological polar surface area (TPSA) is 103 Å². The van der Waals surface area contributed by atoms with Gasteiger partial charge in [-0.15, -0.1) is 5.69 Å². The van der Waals surface area contributed by atoms with Crippen molar-refractivity contribution in [2.75, 3.05) is 7.05 Å². The molecule has 1 radical (unpaired) electrons. The number of fused-ring (bicyclic) bond motifs is 1. The Kier molecular flexibility index (Phi) is 12.3. The second-order valence-corrected chi connectivity index (χ2v) is 7.86. The minimum Gasteiger partial charge on any atom is -0.699 e. The molecule has 1 amide bonds. The molecule has 0 aliphatic rings. The third-order valence-electron chi connectivity index (χ3n) is 5.08. The third-order valence-corrected chi connectivity index (χ3v) is 5.39. The van der Waals surface area contributed by atoms with Crippen LogP contribution in [0.4, 0.5) is 18.9 Å². The molecule has 0 bridgehead atoms. The number of amides is 1. The Balaban J connectivity index is 0.000000401. The number of aldehydes is 1. The molecule has 0 saturated heterocycles. The minimum absolute atomic E-state index is 0. The first-order valence-electron chi connectivity index (χ1n) is 10.3.